The monoisotopic (exact) mass is 567 g/mol. The zero-order chi connectivity index (χ0) is 28.2. The van der Waals surface area contributed by atoms with Crippen molar-refractivity contribution in [3.8, 4) is 0 Å². The van der Waals surface area contributed by atoms with Crippen molar-refractivity contribution in [3.63, 3.8) is 0 Å². The van der Waals surface area contributed by atoms with Crippen molar-refractivity contribution in [1.29, 1.82) is 0 Å². The van der Waals surface area contributed by atoms with Crippen LogP contribution in [-0.2, 0) is 24.8 Å². The van der Waals surface area contributed by atoms with Gasteiger partial charge in [-0.15, -0.1) is 0 Å². The number of carbonyl (C=O) groups excluding carboxylic acids is 1. The highest BCUT2D eigenvalue weighted by atomic mass is 32.2. The Morgan fingerprint density at radius 3 is 1.95 bits per heavy atom. The second kappa shape index (κ2) is 11.3. The van der Waals surface area contributed by atoms with E-state index in [9.17, 15) is 26.0 Å². The highest BCUT2D eigenvalue weighted by Gasteiger charge is 2.27. The zero-order valence-corrected chi connectivity index (χ0v) is 22.8. The average molecular weight is 568 g/mol. The number of amides is 1. The Balaban J connectivity index is 1.53. The van der Waals surface area contributed by atoms with E-state index in [0.717, 1.165) is 27.6 Å². The van der Waals surface area contributed by atoms with Gasteiger partial charge in [-0.2, -0.15) is 0 Å². The summed E-state index contributed by atoms with van der Waals surface area (Å²) >= 11 is 0. The number of nitrogens with zero attached hydrogens (tertiary/aromatic N) is 1. The van der Waals surface area contributed by atoms with Gasteiger partial charge < -0.3 is 5.32 Å². The molecule has 0 aromatic heterocycles. The number of anilines is 3. The van der Waals surface area contributed by atoms with E-state index in [0.29, 0.717) is 5.69 Å². The van der Waals surface area contributed by atoms with Crippen molar-refractivity contribution < 1.29 is 26.0 Å². The minimum Gasteiger partial charge on any atom is -0.325 e. The van der Waals surface area contributed by atoms with Crippen molar-refractivity contribution in [3.05, 3.63) is 114 Å². The lowest BCUT2D eigenvalue weighted by Crippen LogP contribution is -2.38. The Labute approximate surface area is 227 Å². The maximum absolute atomic E-state index is 13.5. The molecule has 0 heterocycles. The summed E-state index contributed by atoms with van der Waals surface area (Å²) in [6.45, 7) is 3.16. The molecule has 0 aliphatic carbocycles. The third-order valence-electron chi connectivity index (χ3n) is 5.73. The van der Waals surface area contributed by atoms with Gasteiger partial charge in [0.1, 0.15) is 12.4 Å². The molecule has 0 saturated carbocycles. The summed E-state index contributed by atoms with van der Waals surface area (Å²) in [5.74, 6) is -1.11. The normalized spacial score (nSPS) is 11.6. The molecule has 0 fully saturated rings. The SMILES string of the molecule is Cc1ccc(S(=O)(=O)N(CC(=O)Nc2ccc(S(=O)(=O)Nc3ccc(F)cc3)cc2)c2cccc(C)c2)cc1. The first-order valence-corrected chi connectivity index (χ1v) is 14.7. The standard InChI is InChI=1S/C28H26FN3O5S2/c1-20-6-14-27(15-7-20)39(36,37)32(25-5-3-4-21(2)18-25)19-28(33)30-23-12-16-26(17-13-23)38(34,35)31-24-10-8-22(29)9-11-24/h3-18,31H,19H2,1-2H3,(H,30,33). The van der Waals surface area contributed by atoms with Gasteiger partial charge in [0.05, 0.1) is 15.5 Å². The number of carbonyl (C=O) groups is 1. The van der Waals surface area contributed by atoms with Crippen molar-refractivity contribution in [2.75, 3.05) is 20.9 Å². The zero-order valence-electron chi connectivity index (χ0n) is 21.1. The van der Waals surface area contributed by atoms with Crippen LogP contribution < -0.4 is 14.3 Å². The smallest absolute Gasteiger partial charge is 0.264 e. The van der Waals surface area contributed by atoms with E-state index in [1.807, 2.05) is 19.9 Å². The van der Waals surface area contributed by atoms with Crippen molar-refractivity contribution in [2.24, 2.45) is 0 Å². The molecule has 4 aromatic rings. The fourth-order valence-corrected chi connectivity index (χ4v) is 6.19. The first-order chi connectivity index (χ1) is 18.4. The Morgan fingerprint density at radius 2 is 1.33 bits per heavy atom. The summed E-state index contributed by atoms with van der Waals surface area (Å²) in [7, 11) is -8.03. The second-order valence-corrected chi connectivity index (χ2v) is 12.4. The van der Waals surface area contributed by atoms with Gasteiger partial charge in [0.25, 0.3) is 20.0 Å². The van der Waals surface area contributed by atoms with Crippen LogP contribution in [0.4, 0.5) is 21.5 Å². The highest BCUT2D eigenvalue weighted by Crippen LogP contribution is 2.25. The van der Waals surface area contributed by atoms with Crippen LogP contribution in [-0.4, -0.2) is 29.3 Å². The van der Waals surface area contributed by atoms with Crippen LogP contribution in [0.25, 0.3) is 0 Å². The van der Waals surface area contributed by atoms with Crippen LogP contribution in [0.3, 0.4) is 0 Å². The van der Waals surface area contributed by atoms with Crippen LogP contribution in [0.5, 0.6) is 0 Å². The fourth-order valence-electron chi connectivity index (χ4n) is 3.72. The number of hydrogen-bond donors (Lipinski definition) is 2. The molecule has 0 spiro atoms. The molecule has 11 heteroatoms. The van der Waals surface area contributed by atoms with Gasteiger partial charge in [-0.1, -0.05) is 29.8 Å². The molecule has 0 saturated heterocycles. The third-order valence-corrected chi connectivity index (χ3v) is 8.92. The third kappa shape index (κ3) is 6.81. The lowest BCUT2D eigenvalue weighted by atomic mass is 10.2. The maximum Gasteiger partial charge on any atom is 0.264 e. The van der Waals surface area contributed by atoms with E-state index in [-0.39, 0.29) is 21.2 Å². The Morgan fingerprint density at radius 1 is 0.744 bits per heavy atom. The predicted octanol–water partition coefficient (Wildman–Crippen LogP) is 5.08. The van der Waals surface area contributed by atoms with Crippen LogP contribution >= 0.6 is 0 Å². The maximum atomic E-state index is 13.5. The number of aryl methyl sites for hydroxylation is 2. The van der Waals surface area contributed by atoms with E-state index in [2.05, 4.69) is 10.0 Å². The van der Waals surface area contributed by atoms with Gasteiger partial charge in [0.15, 0.2) is 0 Å². The van der Waals surface area contributed by atoms with Crippen LogP contribution in [0, 0.1) is 19.7 Å². The fraction of sp³-hybridized carbons (Fsp3) is 0.107. The van der Waals surface area contributed by atoms with E-state index in [1.165, 1.54) is 48.5 Å². The van der Waals surface area contributed by atoms with E-state index in [1.54, 1.807) is 30.3 Å². The number of rotatable bonds is 9. The predicted molar refractivity (Wildman–Crippen MR) is 149 cm³/mol. The van der Waals surface area contributed by atoms with Crippen LogP contribution in [0.1, 0.15) is 11.1 Å². The molecule has 0 atom stereocenters. The lowest BCUT2D eigenvalue weighted by Gasteiger charge is -2.24. The highest BCUT2D eigenvalue weighted by molar-refractivity contribution is 7.93. The molecule has 8 nitrogen and oxygen atoms in total. The van der Waals surface area contributed by atoms with Crippen molar-refractivity contribution in [1.82, 2.24) is 0 Å². The number of nitrogens with one attached hydrogen (secondary N) is 2. The molecular formula is C28H26FN3O5S2. The number of benzene rings is 4. The van der Waals surface area contributed by atoms with Crippen LogP contribution in [0.15, 0.2) is 107 Å². The van der Waals surface area contributed by atoms with Crippen molar-refractivity contribution in [2.45, 2.75) is 23.6 Å². The van der Waals surface area contributed by atoms with Gasteiger partial charge in [-0.3, -0.25) is 13.8 Å². The molecule has 39 heavy (non-hydrogen) atoms. The van der Waals surface area contributed by atoms with Gasteiger partial charge in [0, 0.05) is 11.4 Å². The minimum absolute atomic E-state index is 0.0469. The first kappa shape index (κ1) is 27.8. The second-order valence-electron chi connectivity index (χ2n) is 8.85. The molecule has 1 amide bonds. The number of sulfonamides is 2. The first-order valence-electron chi connectivity index (χ1n) is 11.8. The Bertz CT molecular complexity index is 1690. The quantitative estimate of drug-likeness (QED) is 0.293. The average Bonchev–Trinajstić information content (AvgIpc) is 2.89. The van der Waals surface area contributed by atoms with Gasteiger partial charge in [-0.25, -0.2) is 21.2 Å². The molecular weight excluding hydrogens is 541 g/mol. The molecule has 0 aliphatic rings. The molecule has 0 unspecified atom stereocenters. The van der Waals surface area contributed by atoms with E-state index < -0.39 is 38.3 Å². The topological polar surface area (TPSA) is 113 Å². The molecule has 2 N–H and O–H groups in total. The largest absolute Gasteiger partial charge is 0.325 e. The van der Waals surface area contributed by atoms with Crippen molar-refractivity contribution >= 4 is 43.0 Å². The van der Waals surface area contributed by atoms with Gasteiger partial charge in [-0.05, 0) is 92.2 Å². The summed E-state index contributed by atoms with van der Waals surface area (Å²) in [6.07, 6.45) is 0. The van der Waals surface area contributed by atoms with E-state index >= 15 is 0 Å². The molecule has 4 aromatic carbocycles. The summed E-state index contributed by atoms with van der Waals surface area (Å²) < 4.78 is 68.8. The number of halogens is 1. The van der Waals surface area contributed by atoms with Crippen LogP contribution in [0.2, 0.25) is 0 Å². The van der Waals surface area contributed by atoms with E-state index in [4.69, 9.17) is 0 Å². The summed E-state index contributed by atoms with van der Waals surface area (Å²) in [4.78, 5) is 13.0. The summed E-state index contributed by atoms with van der Waals surface area (Å²) in [5.41, 5.74) is 2.52. The molecule has 0 aliphatic heterocycles. The molecule has 0 radical (unpaired) electrons. The molecule has 0 bridgehead atoms. The summed E-state index contributed by atoms with van der Waals surface area (Å²) in [5, 5.41) is 2.62. The minimum atomic E-state index is -4.07. The van der Waals surface area contributed by atoms with Gasteiger partial charge >= 0.3 is 0 Å². The Hall–Kier alpha value is -4.22. The summed E-state index contributed by atoms with van der Waals surface area (Å²) in [6, 6.07) is 23.4. The molecule has 202 valence electrons. The molecule has 4 rings (SSSR count). The van der Waals surface area contributed by atoms with Gasteiger partial charge in [0.2, 0.25) is 5.91 Å². The Kier molecular flexibility index (Phi) is 8.03. The lowest BCUT2D eigenvalue weighted by molar-refractivity contribution is -0.114. The number of hydrogen-bond acceptors (Lipinski definition) is 5.